The molecule has 1 atom stereocenters. The van der Waals surface area contributed by atoms with Gasteiger partial charge in [0.2, 0.25) is 0 Å². The minimum absolute atomic E-state index is 0.383. The van der Waals surface area contributed by atoms with E-state index in [4.69, 9.17) is 0 Å². The molecule has 1 aromatic carbocycles. The second kappa shape index (κ2) is 8.43. The number of aryl methyl sites for hydroxylation is 1. The van der Waals surface area contributed by atoms with E-state index in [1.54, 1.807) is 0 Å². The van der Waals surface area contributed by atoms with Gasteiger partial charge in [-0.05, 0) is 30.4 Å². The normalized spacial score (nSPS) is 19.3. The Labute approximate surface area is 123 Å². The van der Waals surface area contributed by atoms with Gasteiger partial charge >= 0.3 is 0 Å². The van der Waals surface area contributed by atoms with Gasteiger partial charge in [0.25, 0.3) is 0 Å². The maximum absolute atomic E-state index is 10.3. The minimum Gasteiger partial charge on any atom is -0.387 e. The zero-order valence-electron chi connectivity index (χ0n) is 12.8. The third-order valence-electron chi connectivity index (χ3n) is 4.48. The van der Waals surface area contributed by atoms with Gasteiger partial charge < -0.3 is 10.4 Å². The third-order valence-corrected chi connectivity index (χ3v) is 4.48. The number of rotatable bonds is 5. The summed E-state index contributed by atoms with van der Waals surface area (Å²) in [7, 11) is 0. The molecule has 112 valence electrons. The first kappa shape index (κ1) is 15.5. The summed E-state index contributed by atoms with van der Waals surface area (Å²) in [5.41, 5.74) is 2.36. The van der Waals surface area contributed by atoms with Crippen molar-refractivity contribution in [3.05, 3.63) is 35.4 Å². The Morgan fingerprint density at radius 2 is 1.65 bits per heavy atom. The molecule has 1 aliphatic rings. The van der Waals surface area contributed by atoms with Crippen molar-refractivity contribution < 1.29 is 5.11 Å². The molecule has 1 aliphatic carbocycles. The highest BCUT2D eigenvalue weighted by atomic mass is 16.3. The van der Waals surface area contributed by atoms with Gasteiger partial charge in [0, 0.05) is 12.6 Å². The van der Waals surface area contributed by atoms with E-state index < -0.39 is 0 Å². The molecular weight excluding hydrogens is 246 g/mol. The molecule has 1 saturated carbocycles. The molecule has 0 bridgehead atoms. The highest BCUT2D eigenvalue weighted by molar-refractivity contribution is 5.24. The van der Waals surface area contributed by atoms with Crippen LogP contribution in [-0.4, -0.2) is 17.7 Å². The number of nitrogens with one attached hydrogen (secondary N) is 1. The molecule has 2 N–H and O–H groups in total. The van der Waals surface area contributed by atoms with Gasteiger partial charge in [-0.15, -0.1) is 0 Å². The Bertz CT molecular complexity index is 366. The average Bonchev–Trinajstić information content (AvgIpc) is 2.46. The van der Waals surface area contributed by atoms with Crippen LogP contribution in [0.15, 0.2) is 24.3 Å². The first-order chi connectivity index (χ1) is 9.79. The molecule has 0 radical (unpaired) electrons. The van der Waals surface area contributed by atoms with Crippen LogP contribution in [0.3, 0.4) is 0 Å². The molecule has 0 spiro atoms. The van der Waals surface area contributed by atoms with Crippen LogP contribution in [-0.2, 0) is 6.42 Å². The molecule has 0 aromatic heterocycles. The Kier molecular flexibility index (Phi) is 6.55. The predicted octanol–water partition coefficient (Wildman–Crippen LogP) is 3.98. The molecule has 2 nitrogen and oxygen atoms in total. The number of aliphatic hydroxyl groups excluding tert-OH is 1. The van der Waals surface area contributed by atoms with Crippen molar-refractivity contribution in [2.45, 2.75) is 70.4 Å². The van der Waals surface area contributed by atoms with Gasteiger partial charge in [0.05, 0.1) is 6.10 Å². The van der Waals surface area contributed by atoms with Crippen LogP contribution in [0.25, 0.3) is 0 Å². The molecule has 2 heteroatoms. The number of hydrogen-bond donors (Lipinski definition) is 2. The summed E-state index contributed by atoms with van der Waals surface area (Å²) in [4.78, 5) is 0. The van der Waals surface area contributed by atoms with Gasteiger partial charge in [-0.1, -0.05) is 63.3 Å². The highest BCUT2D eigenvalue weighted by Crippen LogP contribution is 2.18. The predicted molar refractivity (Wildman–Crippen MR) is 84.9 cm³/mol. The van der Waals surface area contributed by atoms with Gasteiger partial charge in [0.1, 0.15) is 0 Å². The summed E-state index contributed by atoms with van der Waals surface area (Å²) >= 11 is 0. The summed E-state index contributed by atoms with van der Waals surface area (Å²) in [6, 6.07) is 8.95. The number of aliphatic hydroxyl groups is 1. The van der Waals surface area contributed by atoms with Crippen molar-refractivity contribution in [1.29, 1.82) is 0 Å². The van der Waals surface area contributed by atoms with Crippen molar-refractivity contribution >= 4 is 0 Å². The molecule has 0 aliphatic heterocycles. The van der Waals surface area contributed by atoms with Gasteiger partial charge in [0.15, 0.2) is 0 Å². The second-order valence-corrected chi connectivity index (χ2v) is 6.06. The molecule has 0 amide bonds. The summed E-state index contributed by atoms with van der Waals surface area (Å²) in [5.74, 6) is 0. The summed E-state index contributed by atoms with van der Waals surface area (Å²) in [5, 5.41) is 13.8. The van der Waals surface area contributed by atoms with E-state index in [1.807, 2.05) is 0 Å². The zero-order valence-corrected chi connectivity index (χ0v) is 12.8. The second-order valence-electron chi connectivity index (χ2n) is 6.06. The van der Waals surface area contributed by atoms with E-state index >= 15 is 0 Å². The van der Waals surface area contributed by atoms with Crippen molar-refractivity contribution in [3.8, 4) is 0 Å². The molecule has 0 heterocycles. The van der Waals surface area contributed by atoms with E-state index in [-0.39, 0.29) is 6.10 Å². The summed E-state index contributed by atoms with van der Waals surface area (Å²) in [6.45, 7) is 2.83. The van der Waals surface area contributed by atoms with Crippen LogP contribution < -0.4 is 5.32 Å². The van der Waals surface area contributed by atoms with Crippen molar-refractivity contribution in [1.82, 2.24) is 5.32 Å². The Balaban J connectivity index is 1.79. The summed E-state index contributed by atoms with van der Waals surface area (Å²) < 4.78 is 0. The lowest BCUT2D eigenvalue weighted by atomic mass is 9.96. The Morgan fingerprint density at radius 1 is 1.05 bits per heavy atom. The number of hydrogen-bond acceptors (Lipinski definition) is 2. The third kappa shape index (κ3) is 4.92. The lowest BCUT2D eigenvalue weighted by Gasteiger charge is -2.23. The first-order valence-corrected chi connectivity index (χ1v) is 8.30. The van der Waals surface area contributed by atoms with Crippen LogP contribution >= 0.6 is 0 Å². The van der Waals surface area contributed by atoms with E-state index in [1.165, 1.54) is 50.5 Å². The van der Waals surface area contributed by atoms with E-state index in [0.29, 0.717) is 12.6 Å². The minimum atomic E-state index is -0.383. The summed E-state index contributed by atoms with van der Waals surface area (Å²) in [6.07, 6.45) is 10.0. The molecule has 1 unspecified atom stereocenters. The van der Waals surface area contributed by atoms with E-state index in [9.17, 15) is 5.11 Å². The Morgan fingerprint density at radius 3 is 2.25 bits per heavy atom. The molecule has 20 heavy (non-hydrogen) atoms. The molecule has 2 rings (SSSR count). The van der Waals surface area contributed by atoms with Gasteiger partial charge in [-0.2, -0.15) is 0 Å². The fraction of sp³-hybridized carbons (Fsp3) is 0.667. The lowest BCUT2D eigenvalue weighted by Crippen LogP contribution is -2.33. The van der Waals surface area contributed by atoms with Crippen LogP contribution in [0.4, 0.5) is 0 Å². The smallest absolute Gasteiger partial charge is 0.0914 e. The van der Waals surface area contributed by atoms with E-state index in [0.717, 1.165) is 12.0 Å². The van der Waals surface area contributed by atoms with Crippen LogP contribution in [0.2, 0.25) is 0 Å². The standard InChI is InChI=1S/C18H29NO/c1-2-15-10-12-16(13-11-15)18(20)14-19-17-8-6-4-3-5-7-9-17/h10-13,17-20H,2-9,14H2,1H3. The number of benzene rings is 1. The van der Waals surface area contributed by atoms with Gasteiger partial charge in [-0.25, -0.2) is 0 Å². The van der Waals surface area contributed by atoms with Crippen molar-refractivity contribution in [2.75, 3.05) is 6.54 Å². The molecular formula is C18H29NO. The lowest BCUT2D eigenvalue weighted by molar-refractivity contribution is 0.167. The molecule has 1 fully saturated rings. The largest absolute Gasteiger partial charge is 0.387 e. The molecule has 1 aromatic rings. The average molecular weight is 275 g/mol. The fourth-order valence-corrected chi connectivity index (χ4v) is 3.03. The molecule has 0 saturated heterocycles. The first-order valence-electron chi connectivity index (χ1n) is 8.30. The maximum Gasteiger partial charge on any atom is 0.0914 e. The van der Waals surface area contributed by atoms with Crippen molar-refractivity contribution in [2.24, 2.45) is 0 Å². The SMILES string of the molecule is CCc1ccc(C(O)CNC2CCCCCCC2)cc1. The monoisotopic (exact) mass is 275 g/mol. The van der Waals surface area contributed by atoms with Crippen LogP contribution in [0.5, 0.6) is 0 Å². The van der Waals surface area contributed by atoms with E-state index in [2.05, 4.69) is 36.5 Å². The topological polar surface area (TPSA) is 32.3 Å². The quantitative estimate of drug-likeness (QED) is 0.851. The fourth-order valence-electron chi connectivity index (χ4n) is 3.03. The van der Waals surface area contributed by atoms with Crippen LogP contribution in [0, 0.1) is 0 Å². The zero-order chi connectivity index (χ0) is 14.2. The van der Waals surface area contributed by atoms with Crippen LogP contribution in [0.1, 0.15) is 69.1 Å². The maximum atomic E-state index is 10.3. The highest BCUT2D eigenvalue weighted by Gasteiger charge is 2.13. The van der Waals surface area contributed by atoms with Crippen molar-refractivity contribution in [3.63, 3.8) is 0 Å². The Hall–Kier alpha value is -0.860. The van der Waals surface area contributed by atoms with Gasteiger partial charge in [-0.3, -0.25) is 0 Å².